The Labute approximate surface area is 218 Å². The van der Waals surface area contributed by atoms with Crippen molar-refractivity contribution < 1.29 is 29.0 Å². The number of methoxy groups -OCH3 is 1. The zero-order valence-electron chi connectivity index (χ0n) is 19.1. The molecule has 0 radical (unpaired) electrons. The molecule has 2 N–H and O–H groups in total. The van der Waals surface area contributed by atoms with Crippen LogP contribution in [0.5, 0.6) is 11.5 Å². The Morgan fingerprint density at radius 3 is 2.62 bits per heavy atom. The number of aliphatic hydroxyl groups excluding tert-OH is 1. The fourth-order valence-corrected chi connectivity index (χ4v) is 5.59. The predicted octanol–water partition coefficient (Wildman–Crippen LogP) is 6.19. The number of ether oxygens (including phenoxy) is 1. The van der Waals surface area contributed by atoms with Crippen molar-refractivity contribution in [3.63, 3.8) is 0 Å². The SMILES string of the molecule is COc1ccc2nc(N3C(=O)C(O)=C(C(=O)c4cc5cc(Cl)ccc5o4)C3c3ccc(O)cc3)sc2c1. The molecule has 0 saturated carbocycles. The Morgan fingerprint density at radius 2 is 1.86 bits per heavy atom. The van der Waals surface area contributed by atoms with Gasteiger partial charge in [0.1, 0.15) is 17.1 Å². The monoisotopic (exact) mass is 532 g/mol. The minimum atomic E-state index is -1.01. The fourth-order valence-electron chi connectivity index (χ4n) is 4.39. The first-order chi connectivity index (χ1) is 17.8. The number of nitrogens with zero attached hydrogens (tertiary/aromatic N) is 2. The minimum absolute atomic E-state index is 0.0157. The summed E-state index contributed by atoms with van der Waals surface area (Å²) in [6.45, 7) is 0. The van der Waals surface area contributed by atoms with E-state index in [1.54, 1.807) is 55.6 Å². The second-order valence-corrected chi connectivity index (χ2v) is 9.83. The Balaban J connectivity index is 1.50. The highest BCUT2D eigenvalue weighted by molar-refractivity contribution is 7.22. The van der Waals surface area contributed by atoms with Crippen molar-refractivity contribution in [3.05, 3.63) is 94.4 Å². The van der Waals surface area contributed by atoms with E-state index in [0.29, 0.717) is 32.8 Å². The fraction of sp³-hybridized carbons (Fsp3) is 0.0741. The molecule has 37 heavy (non-hydrogen) atoms. The van der Waals surface area contributed by atoms with Crippen molar-refractivity contribution in [2.75, 3.05) is 12.0 Å². The van der Waals surface area contributed by atoms with Crippen LogP contribution < -0.4 is 9.64 Å². The highest BCUT2D eigenvalue weighted by atomic mass is 35.5. The number of anilines is 1. The minimum Gasteiger partial charge on any atom is -0.508 e. The summed E-state index contributed by atoms with van der Waals surface area (Å²) < 4.78 is 11.8. The number of furan rings is 1. The Kier molecular flexibility index (Phi) is 5.40. The highest BCUT2D eigenvalue weighted by Crippen LogP contribution is 2.45. The number of carbonyl (C=O) groups excluding carboxylic acids is 2. The van der Waals surface area contributed by atoms with E-state index in [1.165, 1.54) is 34.4 Å². The van der Waals surface area contributed by atoms with E-state index in [9.17, 15) is 19.8 Å². The van der Waals surface area contributed by atoms with Gasteiger partial charge in [0.2, 0.25) is 5.78 Å². The summed E-state index contributed by atoms with van der Waals surface area (Å²) in [5, 5.41) is 22.2. The molecule has 1 aliphatic rings. The number of aromatic hydroxyl groups is 1. The number of benzene rings is 3. The first-order valence-electron chi connectivity index (χ1n) is 11.1. The third-order valence-corrected chi connectivity index (χ3v) is 7.41. The van der Waals surface area contributed by atoms with Crippen LogP contribution in [-0.4, -0.2) is 34.0 Å². The Bertz CT molecular complexity index is 1750. The van der Waals surface area contributed by atoms with Crippen LogP contribution in [0.3, 0.4) is 0 Å². The number of fused-ring (bicyclic) bond motifs is 2. The standard InChI is InChI=1S/C27H17ClN2O6S/c1-35-17-7-8-18-21(12-17)37-27(29-18)30-23(13-2-5-16(31)6-3-13)22(25(33)26(30)34)24(32)20-11-14-10-15(28)4-9-19(14)36-20/h2-12,23,31,33H,1H3. The molecule has 0 saturated heterocycles. The molecule has 0 spiro atoms. The van der Waals surface area contributed by atoms with Crippen LogP contribution in [0.25, 0.3) is 21.2 Å². The van der Waals surface area contributed by atoms with Crippen LogP contribution in [0.15, 0.2) is 82.5 Å². The van der Waals surface area contributed by atoms with Crippen molar-refractivity contribution in [1.29, 1.82) is 0 Å². The van der Waals surface area contributed by atoms with Gasteiger partial charge >= 0.3 is 0 Å². The lowest BCUT2D eigenvalue weighted by Gasteiger charge is -2.24. The van der Waals surface area contributed by atoms with E-state index in [2.05, 4.69) is 4.98 Å². The number of phenols is 1. The van der Waals surface area contributed by atoms with E-state index in [0.717, 1.165) is 4.70 Å². The number of phenolic OH excluding ortho intramolecular Hbond substituents is 1. The molecule has 0 bridgehead atoms. The van der Waals surface area contributed by atoms with Gasteiger partial charge in [-0.2, -0.15) is 0 Å². The van der Waals surface area contributed by atoms with Gasteiger partial charge in [-0.15, -0.1) is 0 Å². The van der Waals surface area contributed by atoms with Gasteiger partial charge in [-0.3, -0.25) is 14.5 Å². The number of hydrogen-bond acceptors (Lipinski definition) is 8. The number of ketones is 1. The Morgan fingerprint density at radius 1 is 1.08 bits per heavy atom. The van der Waals surface area contributed by atoms with Crippen molar-refractivity contribution >= 4 is 60.9 Å². The number of carbonyl (C=O) groups is 2. The lowest BCUT2D eigenvalue weighted by atomic mass is 9.95. The second-order valence-electron chi connectivity index (χ2n) is 8.38. The molecule has 8 nitrogen and oxygen atoms in total. The van der Waals surface area contributed by atoms with Gasteiger partial charge in [-0.05, 0) is 60.2 Å². The summed E-state index contributed by atoms with van der Waals surface area (Å²) in [5.41, 5.74) is 1.41. The van der Waals surface area contributed by atoms with E-state index >= 15 is 0 Å². The average Bonchev–Trinajstić information content (AvgIpc) is 3.57. The van der Waals surface area contributed by atoms with Crippen LogP contribution in [0, 0.1) is 0 Å². The number of hydrogen-bond donors (Lipinski definition) is 2. The molecule has 1 atom stereocenters. The molecule has 2 aromatic heterocycles. The summed E-state index contributed by atoms with van der Waals surface area (Å²) in [6.07, 6.45) is 0. The first kappa shape index (κ1) is 23.1. The number of aliphatic hydroxyl groups is 1. The van der Waals surface area contributed by atoms with Crippen LogP contribution >= 0.6 is 22.9 Å². The number of aromatic nitrogens is 1. The van der Waals surface area contributed by atoms with Gasteiger partial charge in [0.05, 0.1) is 28.9 Å². The van der Waals surface area contributed by atoms with Crippen LogP contribution in [0.4, 0.5) is 5.13 Å². The van der Waals surface area contributed by atoms with Crippen LogP contribution in [0.2, 0.25) is 5.02 Å². The third kappa shape index (κ3) is 3.80. The van der Waals surface area contributed by atoms with E-state index in [4.69, 9.17) is 20.8 Å². The summed E-state index contributed by atoms with van der Waals surface area (Å²) >= 11 is 7.29. The van der Waals surface area contributed by atoms with Gasteiger partial charge in [-0.1, -0.05) is 35.1 Å². The third-order valence-electron chi connectivity index (χ3n) is 6.15. The molecular weight excluding hydrogens is 516 g/mol. The average molecular weight is 533 g/mol. The molecule has 3 heterocycles. The molecular formula is C27H17ClN2O6S. The number of halogens is 1. The maximum Gasteiger partial charge on any atom is 0.296 e. The first-order valence-corrected chi connectivity index (χ1v) is 12.3. The summed E-state index contributed by atoms with van der Waals surface area (Å²) in [7, 11) is 1.56. The van der Waals surface area contributed by atoms with Gasteiger partial charge in [-0.25, -0.2) is 4.98 Å². The molecule has 1 amide bonds. The zero-order valence-corrected chi connectivity index (χ0v) is 20.7. The summed E-state index contributed by atoms with van der Waals surface area (Å²) in [5.74, 6) is -1.52. The summed E-state index contributed by atoms with van der Waals surface area (Å²) in [6, 6.07) is 16.8. The molecule has 0 fully saturated rings. The number of Topliss-reactive ketones (excluding diaryl/α,β-unsaturated/α-hetero) is 1. The topological polar surface area (TPSA) is 113 Å². The highest BCUT2D eigenvalue weighted by Gasteiger charge is 2.46. The lowest BCUT2D eigenvalue weighted by Crippen LogP contribution is -2.30. The van der Waals surface area contributed by atoms with Gasteiger partial charge < -0.3 is 19.4 Å². The van der Waals surface area contributed by atoms with Crippen molar-refractivity contribution in [3.8, 4) is 11.5 Å². The van der Waals surface area contributed by atoms with Crippen LogP contribution in [-0.2, 0) is 4.79 Å². The molecule has 184 valence electrons. The smallest absolute Gasteiger partial charge is 0.296 e. The zero-order chi connectivity index (χ0) is 25.8. The molecule has 1 aliphatic heterocycles. The van der Waals surface area contributed by atoms with E-state index in [-0.39, 0.29) is 22.2 Å². The maximum absolute atomic E-state index is 13.7. The quantitative estimate of drug-likeness (QED) is 0.259. The van der Waals surface area contributed by atoms with Crippen LogP contribution in [0.1, 0.15) is 22.2 Å². The molecule has 3 aromatic carbocycles. The van der Waals surface area contributed by atoms with E-state index in [1.807, 2.05) is 0 Å². The second kappa shape index (κ2) is 8.65. The van der Waals surface area contributed by atoms with Gasteiger partial charge in [0.15, 0.2) is 16.7 Å². The molecule has 10 heteroatoms. The molecule has 1 unspecified atom stereocenters. The van der Waals surface area contributed by atoms with Gasteiger partial charge in [0, 0.05) is 10.4 Å². The Hall–Kier alpha value is -4.34. The predicted molar refractivity (Wildman–Crippen MR) is 140 cm³/mol. The van der Waals surface area contributed by atoms with Crippen molar-refractivity contribution in [1.82, 2.24) is 4.98 Å². The summed E-state index contributed by atoms with van der Waals surface area (Å²) in [4.78, 5) is 33.0. The number of rotatable bonds is 5. The normalized spacial score (nSPS) is 15.8. The van der Waals surface area contributed by atoms with E-state index < -0.39 is 23.5 Å². The lowest BCUT2D eigenvalue weighted by molar-refractivity contribution is -0.117. The van der Waals surface area contributed by atoms with Crippen molar-refractivity contribution in [2.45, 2.75) is 6.04 Å². The largest absolute Gasteiger partial charge is 0.508 e. The van der Waals surface area contributed by atoms with Crippen molar-refractivity contribution in [2.24, 2.45) is 0 Å². The molecule has 6 rings (SSSR count). The number of thiazole rings is 1. The molecule has 0 aliphatic carbocycles. The maximum atomic E-state index is 13.7. The molecule has 5 aromatic rings. The van der Waals surface area contributed by atoms with Gasteiger partial charge in [0.25, 0.3) is 5.91 Å². The number of amides is 1.